The maximum atomic E-state index is 4.36. The van der Waals surface area contributed by atoms with Crippen LogP contribution in [0.5, 0.6) is 0 Å². The van der Waals surface area contributed by atoms with Crippen LogP contribution in [0.3, 0.4) is 0 Å². The Balaban J connectivity index is 1.40. The lowest BCUT2D eigenvalue weighted by Crippen LogP contribution is -2.45. The molecule has 0 saturated carbocycles. The predicted octanol–water partition coefficient (Wildman–Crippen LogP) is 2.86. The first kappa shape index (κ1) is 20.4. The Morgan fingerprint density at radius 3 is 2.71 bits per heavy atom. The van der Waals surface area contributed by atoms with Crippen LogP contribution in [0.2, 0.25) is 0 Å². The van der Waals surface area contributed by atoms with Gasteiger partial charge in [-0.1, -0.05) is 37.6 Å². The fraction of sp³-hybridized carbons (Fsp3) is 0.545. The number of imidazole rings is 1. The van der Waals surface area contributed by atoms with E-state index in [1.54, 1.807) is 0 Å². The third-order valence-corrected chi connectivity index (χ3v) is 5.54. The van der Waals surface area contributed by atoms with Crippen LogP contribution >= 0.6 is 0 Å². The number of aromatic nitrogens is 2. The van der Waals surface area contributed by atoms with Gasteiger partial charge in [-0.05, 0) is 36.9 Å². The molecule has 3 rings (SSSR count). The van der Waals surface area contributed by atoms with E-state index in [-0.39, 0.29) is 0 Å². The minimum absolute atomic E-state index is 0.756. The summed E-state index contributed by atoms with van der Waals surface area (Å²) in [6, 6.07) is 9.45. The zero-order chi connectivity index (χ0) is 19.6. The predicted molar refractivity (Wildman–Crippen MR) is 115 cm³/mol. The Bertz CT molecular complexity index is 707. The van der Waals surface area contributed by atoms with Gasteiger partial charge in [0.2, 0.25) is 0 Å². The molecule has 1 aliphatic heterocycles. The van der Waals surface area contributed by atoms with Gasteiger partial charge in [0.1, 0.15) is 0 Å². The summed E-state index contributed by atoms with van der Waals surface area (Å²) in [5.41, 5.74) is 2.52. The van der Waals surface area contributed by atoms with Crippen molar-refractivity contribution in [1.82, 2.24) is 25.1 Å². The highest BCUT2D eigenvalue weighted by Crippen LogP contribution is 2.18. The van der Waals surface area contributed by atoms with Gasteiger partial charge in [0.15, 0.2) is 5.96 Å². The van der Waals surface area contributed by atoms with Crippen LogP contribution in [0.4, 0.5) is 0 Å². The highest BCUT2D eigenvalue weighted by atomic mass is 15.2. The van der Waals surface area contributed by atoms with Crippen LogP contribution in [-0.2, 0) is 13.1 Å². The fourth-order valence-corrected chi connectivity index (χ4v) is 3.89. The fourth-order valence-electron chi connectivity index (χ4n) is 3.89. The number of benzene rings is 1. The van der Waals surface area contributed by atoms with Crippen LogP contribution in [-0.4, -0.2) is 53.1 Å². The van der Waals surface area contributed by atoms with E-state index in [1.165, 1.54) is 43.4 Å². The molecule has 0 spiro atoms. The Kier molecular flexibility index (Phi) is 7.91. The molecular weight excluding hydrogens is 348 g/mol. The van der Waals surface area contributed by atoms with Crippen molar-refractivity contribution in [3.8, 4) is 0 Å². The molecular formula is C22H34N6. The zero-order valence-electron chi connectivity index (χ0n) is 17.3. The second-order valence-corrected chi connectivity index (χ2v) is 7.50. The van der Waals surface area contributed by atoms with E-state index in [0.29, 0.717) is 0 Å². The van der Waals surface area contributed by atoms with Gasteiger partial charge in [-0.2, -0.15) is 0 Å². The molecule has 1 aromatic heterocycles. The first-order valence-corrected chi connectivity index (χ1v) is 10.5. The Morgan fingerprint density at radius 1 is 1.18 bits per heavy atom. The summed E-state index contributed by atoms with van der Waals surface area (Å²) in [5.74, 6) is 0.868. The van der Waals surface area contributed by atoms with Crippen LogP contribution in [0.25, 0.3) is 0 Å². The summed E-state index contributed by atoms with van der Waals surface area (Å²) in [6.07, 6.45) is 11.0. The molecule has 1 aromatic carbocycles. The smallest absolute Gasteiger partial charge is 0.191 e. The summed E-state index contributed by atoms with van der Waals surface area (Å²) in [5, 5.41) is 6.88. The van der Waals surface area contributed by atoms with Gasteiger partial charge in [0, 0.05) is 51.7 Å². The zero-order valence-corrected chi connectivity index (χ0v) is 17.3. The molecule has 1 atom stereocenters. The number of hydrogen-bond acceptors (Lipinski definition) is 3. The van der Waals surface area contributed by atoms with Crippen molar-refractivity contribution in [2.24, 2.45) is 4.99 Å². The third kappa shape index (κ3) is 6.09. The normalized spacial score (nSPS) is 18.2. The van der Waals surface area contributed by atoms with Gasteiger partial charge in [0.05, 0.1) is 6.33 Å². The van der Waals surface area contributed by atoms with Gasteiger partial charge >= 0.3 is 0 Å². The van der Waals surface area contributed by atoms with Crippen LogP contribution in [0, 0.1) is 0 Å². The van der Waals surface area contributed by atoms with Gasteiger partial charge in [-0.25, -0.2) is 4.98 Å². The molecule has 1 saturated heterocycles. The molecule has 2 heterocycles. The van der Waals surface area contributed by atoms with E-state index in [0.717, 1.165) is 38.2 Å². The molecule has 1 fully saturated rings. The average molecular weight is 383 g/mol. The first-order valence-electron chi connectivity index (χ1n) is 10.5. The lowest BCUT2D eigenvalue weighted by molar-refractivity contribution is 0.147. The van der Waals surface area contributed by atoms with E-state index in [9.17, 15) is 0 Å². The van der Waals surface area contributed by atoms with Crippen LogP contribution in [0.1, 0.15) is 43.7 Å². The Labute approximate surface area is 169 Å². The largest absolute Gasteiger partial charge is 0.355 e. The topological polar surface area (TPSA) is 57.5 Å². The molecule has 6 nitrogen and oxygen atoms in total. The lowest BCUT2D eigenvalue weighted by Gasteiger charge is -2.35. The van der Waals surface area contributed by atoms with Crippen LogP contribution in [0.15, 0.2) is 48.0 Å². The molecule has 0 bridgehead atoms. The van der Waals surface area contributed by atoms with Gasteiger partial charge in [-0.3, -0.25) is 9.89 Å². The molecule has 2 aromatic rings. The summed E-state index contributed by atoms with van der Waals surface area (Å²) >= 11 is 0. The average Bonchev–Trinajstić information content (AvgIpc) is 3.25. The molecule has 1 unspecified atom stereocenters. The molecule has 28 heavy (non-hydrogen) atoms. The highest BCUT2D eigenvalue weighted by molar-refractivity contribution is 5.79. The third-order valence-electron chi connectivity index (χ3n) is 5.54. The summed E-state index contributed by atoms with van der Waals surface area (Å²) in [7, 11) is 1.83. The quantitative estimate of drug-likeness (QED) is 0.544. The Hall–Kier alpha value is -2.34. The monoisotopic (exact) mass is 382 g/mol. The number of guanidine groups is 1. The van der Waals surface area contributed by atoms with Crippen molar-refractivity contribution in [3.05, 3.63) is 54.1 Å². The number of piperidine rings is 1. The van der Waals surface area contributed by atoms with E-state index >= 15 is 0 Å². The minimum atomic E-state index is 0.756. The molecule has 152 valence electrons. The number of likely N-dealkylation sites (tertiary alicyclic amines) is 1. The standard InChI is InChI=1S/C22H34N6/c1-3-21-6-4-5-13-28(21)15-12-25-22(23-2)26-16-19-7-9-20(10-8-19)17-27-14-11-24-18-27/h7-11,14,18,21H,3-6,12-13,15-17H2,1-2H3,(H2,23,25,26). The maximum Gasteiger partial charge on any atom is 0.191 e. The molecule has 0 amide bonds. The number of aliphatic imine (C=N–C) groups is 1. The molecule has 0 radical (unpaired) electrons. The first-order chi connectivity index (χ1) is 13.8. The van der Waals surface area contributed by atoms with E-state index < -0.39 is 0 Å². The number of hydrogen-bond donors (Lipinski definition) is 2. The van der Waals surface area contributed by atoms with Gasteiger partial charge in [0.25, 0.3) is 0 Å². The lowest BCUT2D eigenvalue weighted by atomic mass is 10.0. The molecule has 0 aliphatic carbocycles. The van der Waals surface area contributed by atoms with E-state index in [4.69, 9.17) is 0 Å². The van der Waals surface area contributed by atoms with Crippen molar-refractivity contribution in [3.63, 3.8) is 0 Å². The van der Waals surface area contributed by atoms with Crippen molar-refractivity contribution in [2.75, 3.05) is 26.7 Å². The van der Waals surface area contributed by atoms with Crippen molar-refractivity contribution in [2.45, 2.75) is 51.7 Å². The summed E-state index contributed by atoms with van der Waals surface area (Å²) < 4.78 is 2.07. The second-order valence-electron chi connectivity index (χ2n) is 7.50. The van der Waals surface area contributed by atoms with E-state index in [1.807, 2.05) is 25.8 Å². The Morgan fingerprint density at radius 2 is 2.00 bits per heavy atom. The summed E-state index contributed by atoms with van der Waals surface area (Å²) in [6.45, 7) is 7.18. The van der Waals surface area contributed by atoms with Crippen molar-refractivity contribution in [1.29, 1.82) is 0 Å². The highest BCUT2D eigenvalue weighted by Gasteiger charge is 2.19. The maximum absolute atomic E-state index is 4.36. The second kappa shape index (κ2) is 10.9. The minimum Gasteiger partial charge on any atom is -0.355 e. The van der Waals surface area contributed by atoms with Crippen molar-refractivity contribution >= 4 is 5.96 Å². The van der Waals surface area contributed by atoms with Crippen LogP contribution < -0.4 is 10.6 Å². The van der Waals surface area contributed by atoms with Gasteiger partial charge < -0.3 is 15.2 Å². The number of nitrogens with one attached hydrogen (secondary N) is 2. The van der Waals surface area contributed by atoms with E-state index in [2.05, 4.69) is 61.3 Å². The van der Waals surface area contributed by atoms with Crippen molar-refractivity contribution < 1.29 is 0 Å². The molecule has 6 heteroatoms. The van der Waals surface area contributed by atoms with Gasteiger partial charge in [-0.15, -0.1) is 0 Å². The number of rotatable bonds is 8. The molecule has 2 N–H and O–H groups in total. The molecule has 1 aliphatic rings. The number of nitrogens with zero attached hydrogens (tertiary/aromatic N) is 4. The summed E-state index contributed by atoms with van der Waals surface area (Å²) in [4.78, 5) is 11.1. The SMILES string of the molecule is CCC1CCCCN1CCNC(=NC)NCc1ccc(Cn2ccnc2)cc1.